The molecule has 0 spiro atoms. The van der Waals surface area contributed by atoms with Crippen LogP contribution in [-0.4, -0.2) is 34.7 Å². The van der Waals surface area contributed by atoms with Crippen LogP contribution in [0, 0.1) is 0 Å². The summed E-state index contributed by atoms with van der Waals surface area (Å²) in [5.74, 6) is 1.72. The van der Waals surface area contributed by atoms with Gasteiger partial charge in [0.15, 0.2) is 0 Å². The standard InChI is InChI=1S/C18H22N2O4/c21-17-7-1-9-19(17)10-2-8-18(22)20(13-15-5-3-11-23-15)14-16-6-4-12-24-16/h3-6,11-12H,1-2,7-10,13-14H2. The molecule has 24 heavy (non-hydrogen) atoms. The summed E-state index contributed by atoms with van der Waals surface area (Å²) in [7, 11) is 0. The van der Waals surface area contributed by atoms with E-state index in [1.165, 1.54) is 0 Å². The SMILES string of the molecule is O=C1CCCN1CCCC(=O)N(Cc1ccco1)Cc1ccco1. The van der Waals surface area contributed by atoms with Gasteiger partial charge in [-0.2, -0.15) is 0 Å². The van der Waals surface area contributed by atoms with Crippen LogP contribution >= 0.6 is 0 Å². The first-order valence-corrected chi connectivity index (χ1v) is 8.32. The summed E-state index contributed by atoms with van der Waals surface area (Å²) in [4.78, 5) is 27.8. The van der Waals surface area contributed by atoms with Gasteiger partial charge in [-0.05, 0) is 37.1 Å². The molecular formula is C18H22N2O4. The molecule has 1 aliphatic heterocycles. The highest BCUT2D eigenvalue weighted by Crippen LogP contribution is 2.15. The first-order chi connectivity index (χ1) is 11.7. The molecule has 0 radical (unpaired) electrons. The van der Waals surface area contributed by atoms with Crippen molar-refractivity contribution in [3.63, 3.8) is 0 Å². The maximum atomic E-state index is 12.6. The molecule has 0 bridgehead atoms. The molecule has 0 aliphatic carbocycles. The number of rotatable bonds is 8. The van der Waals surface area contributed by atoms with Gasteiger partial charge in [0.25, 0.3) is 0 Å². The van der Waals surface area contributed by atoms with E-state index in [0.29, 0.717) is 38.9 Å². The zero-order valence-electron chi connectivity index (χ0n) is 13.6. The second kappa shape index (κ2) is 7.86. The van der Waals surface area contributed by atoms with E-state index in [1.807, 2.05) is 29.2 Å². The maximum absolute atomic E-state index is 12.6. The molecule has 2 amide bonds. The van der Waals surface area contributed by atoms with Crippen LogP contribution in [0.3, 0.4) is 0 Å². The van der Waals surface area contributed by atoms with E-state index >= 15 is 0 Å². The van der Waals surface area contributed by atoms with Crippen LogP contribution in [0.25, 0.3) is 0 Å². The lowest BCUT2D eigenvalue weighted by molar-refractivity contribution is -0.134. The molecule has 0 atom stereocenters. The molecule has 1 saturated heterocycles. The normalized spacial score (nSPS) is 14.3. The van der Waals surface area contributed by atoms with Crippen molar-refractivity contribution < 1.29 is 18.4 Å². The van der Waals surface area contributed by atoms with Gasteiger partial charge in [0.2, 0.25) is 11.8 Å². The molecule has 0 saturated carbocycles. The Hall–Kier alpha value is -2.50. The van der Waals surface area contributed by atoms with Crippen molar-refractivity contribution in [3.8, 4) is 0 Å². The van der Waals surface area contributed by atoms with Gasteiger partial charge in [-0.15, -0.1) is 0 Å². The third-order valence-electron chi connectivity index (χ3n) is 4.20. The zero-order chi connectivity index (χ0) is 16.8. The minimum atomic E-state index is 0.0365. The van der Waals surface area contributed by atoms with Gasteiger partial charge < -0.3 is 18.6 Å². The second-order valence-corrected chi connectivity index (χ2v) is 6.00. The third kappa shape index (κ3) is 4.28. The summed E-state index contributed by atoms with van der Waals surface area (Å²) in [5, 5.41) is 0. The Morgan fingerprint density at radius 3 is 2.29 bits per heavy atom. The highest BCUT2D eigenvalue weighted by Gasteiger charge is 2.21. The van der Waals surface area contributed by atoms with E-state index in [9.17, 15) is 9.59 Å². The van der Waals surface area contributed by atoms with Gasteiger partial charge in [-0.3, -0.25) is 9.59 Å². The molecular weight excluding hydrogens is 308 g/mol. The van der Waals surface area contributed by atoms with Crippen LogP contribution in [0.15, 0.2) is 45.6 Å². The van der Waals surface area contributed by atoms with Crippen LogP contribution in [0.1, 0.15) is 37.2 Å². The largest absolute Gasteiger partial charge is 0.467 e. The van der Waals surface area contributed by atoms with E-state index in [2.05, 4.69) is 0 Å². The number of hydrogen-bond donors (Lipinski definition) is 0. The minimum Gasteiger partial charge on any atom is -0.467 e. The number of nitrogens with zero attached hydrogens (tertiary/aromatic N) is 2. The molecule has 6 nitrogen and oxygen atoms in total. The van der Waals surface area contributed by atoms with Gasteiger partial charge in [0, 0.05) is 25.9 Å². The lowest BCUT2D eigenvalue weighted by Crippen LogP contribution is -2.31. The lowest BCUT2D eigenvalue weighted by atomic mass is 10.2. The van der Waals surface area contributed by atoms with Crippen molar-refractivity contribution in [2.75, 3.05) is 13.1 Å². The summed E-state index contributed by atoms with van der Waals surface area (Å²) in [6, 6.07) is 7.32. The average molecular weight is 330 g/mol. The Morgan fingerprint density at radius 1 is 1.12 bits per heavy atom. The number of furan rings is 2. The van der Waals surface area contributed by atoms with E-state index in [4.69, 9.17) is 8.83 Å². The Kier molecular flexibility index (Phi) is 5.36. The van der Waals surface area contributed by atoms with Crippen molar-refractivity contribution in [3.05, 3.63) is 48.3 Å². The van der Waals surface area contributed by atoms with Crippen LogP contribution in [-0.2, 0) is 22.7 Å². The molecule has 128 valence electrons. The third-order valence-corrected chi connectivity index (χ3v) is 4.20. The van der Waals surface area contributed by atoms with Crippen molar-refractivity contribution >= 4 is 11.8 Å². The van der Waals surface area contributed by atoms with Crippen LogP contribution in [0.4, 0.5) is 0 Å². The van der Waals surface area contributed by atoms with Crippen LogP contribution in [0.5, 0.6) is 0 Å². The average Bonchev–Trinajstić information content (AvgIpc) is 3.31. The Bertz CT molecular complexity index is 612. The Labute approximate surface area is 141 Å². The van der Waals surface area contributed by atoms with Gasteiger partial charge in [-0.1, -0.05) is 0 Å². The highest BCUT2D eigenvalue weighted by molar-refractivity contribution is 5.78. The second-order valence-electron chi connectivity index (χ2n) is 6.00. The lowest BCUT2D eigenvalue weighted by Gasteiger charge is -2.21. The molecule has 1 fully saturated rings. The zero-order valence-corrected chi connectivity index (χ0v) is 13.6. The fourth-order valence-corrected chi connectivity index (χ4v) is 2.93. The number of carbonyl (C=O) groups is 2. The van der Waals surface area contributed by atoms with Gasteiger partial charge >= 0.3 is 0 Å². The van der Waals surface area contributed by atoms with E-state index in [1.54, 1.807) is 17.4 Å². The monoisotopic (exact) mass is 330 g/mol. The molecule has 0 N–H and O–H groups in total. The first-order valence-electron chi connectivity index (χ1n) is 8.32. The number of likely N-dealkylation sites (tertiary alicyclic amines) is 1. The summed E-state index contributed by atoms with van der Waals surface area (Å²) in [6.45, 7) is 2.29. The van der Waals surface area contributed by atoms with E-state index in [-0.39, 0.29) is 11.8 Å². The fraction of sp³-hybridized carbons (Fsp3) is 0.444. The summed E-state index contributed by atoms with van der Waals surface area (Å²) >= 11 is 0. The summed E-state index contributed by atoms with van der Waals surface area (Å²) in [5.41, 5.74) is 0. The summed E-state index contributed by atoms with van der Waals surface area (Å²) < 4.78 is 10.7. The van der Waals surface area contributed by atoms with Crippen LogP contribution < -0.4 is 0 Å². The molecule has 3 heterocycles. The molecule has 0 unspecified atom stereocenters. The number of hydrogen-bond acceptors (Lipinski definition) is 4. The first kappa shape index (κ1) is 16.4. The topological polar surface area (TPSA) is 66.9 Å². The van der Waals surface area contributed by atoms with Crippen molar-refractivity contribution in [1.29, 1.82) is 0 Å². The van der Waals surface area contributed by atoms with Gasteiger partial charge in [0.1, 0.15) is 11.5 Å². The predicted molar refractivity (Wildman–Crippen MR) is 86.7 cm³/mol. The molecule has 2 aromatic rings. The minimum absolute atomic E-state index is 0.0365. The smallest absolute Gasteiger partial charge is 0.223 e. The quantitative estimate of drug-likeness (QED) is 0.746. The maximum Gasteiger partial charge on any atom is 0.223 e. The molecule has 3 rings (SSSR count). The Balaban J connectivity index is 1.54. The Morgan fingerprint density at radius 2 is 1.79 bits per heavy atom. The molecule has 2 aromatic heterocycles. The predicted octanol–water partition coefficient (Wildman–Crippen LogP) is 2.80. The molecule has 6 heteroatoms. The number of amides is 2. The molecule has 0 aromatic carbocycles. The summed E-state index contributed by atoms with van der Waals surface area (Å²) in [6.07, 6.45) is 5.85. The molecule has 1 aliphatic rings. The van der Waals surface area contributed by atoms with E-state index in [0.717, 1.165) is 24.5 Å². The number of carbonyl (C=O) groups excluding carboxylic acids is 2. The fourth-order valence-electron chi connectivity index (χ4n) is 2.93. The van der Waals surface area contributed by atoms with Crippen molar-refractivity contribution in [2.45, 2.75) is 38.8 Å². The van der Waals surface area contributed by atoms with Gasteiger partial charge in [-0.25, -0.2) is 0 Å². The van der Waals surface area contributed by atoms with Gasteiger partial charge in [0.05, 0.1) is 25.6 Å². The highest BCUT2D eigenvalue weighted by atomic mass is 16.3. The van der Waals surface area contributed by atoms with E-state index < -0.39 is 0 Å². The van der Waals surface area contributed by atoms with Crippen molar-refractivity contribution in [1.82, 2.24) is 9.80 Å². The van der Waals surface area contributed by atoms with Crippen LogP contribution in [0.2, 0.25) is 0 Å². The van der Waals surface area contributed by atoms with Crippen molar-refractivity contribution in [2.24, 2.45) is 0 Å².